The summed E-state index contributed by atoms with van der Waals surface area (Å²) in [5.74, 6) is -4.37. The molecule has 170 valence electrons. The van der Waals surface area contributed by atoms with Gasteiger partial charge in [-0.05, 0) is 24.0 Å². The minimum absolute atomic E-state index is 0.222. The molecule has 1 aromatic carbocycles. The van der Waals surface area contributed by atoms with Crippen LogP contribution >= 0.6 is 0 Å². The Labute approximate surface area is 181 Å². The first kappa shape index (κ1) is 23.1. The quantitative estimate of drug-likeness (QED) is 0.411. The highest BCUT2D eigenvalue weighted by molar-refractivity contribution is 5.98. The molecule has 10 nitrogen and oxygen atoms in total. The summed E-state index contributed by atoms with van der Waals surface area (Å²) in [6.45, 7) is 6.52. The molecule has 4 atom stereocenters. The SMILES string of the molecule is CCC(C)[C@@H](C(=O)[O-])n1c(=O)c2cc3c(=O)n([C@H](C(=O)[O-])C(C)CC)c(=O)c3cc2c1=O. The van der Waals surface area contributed by atoms with Crippen molar-refractivity contribution in [1.82, 2.24) is 9.13 Å². The summed E-state index contributed by atoms with van der Waals surface area (Å²) in [6.07, 6.45) is 0.712. The molecule has 0 saturated carbocycles. The van der Waals surface area contributed by atoms with Gasteiger partial charge in [0, 0.05) is 0 Å². The molecule has 0 spiro atoms. The number of benzene rings is 1. The Hall–Kier alpha value is -3.56. The van der Waals surface area contributed by atoms with E-state index >= 15 is 0 Å². The number of fused-ring (bicyclic) bond motifs is 2. The molecule has 0 radical (unpaired) electrons. The second-order valence-electron chi connectivity index (χ2n) is 8.20. The number of carboxylic acids is 2. The van der Waals surface area contributed by atoms with Crippen molar-refractivity contribution in [3.8, 4) is 0 Å². The Kier molecular flexibility index (Phi) is 5.90. The molecule has 0 fully saturated rings. The van der Waals surface area contributed by atoms with E-state index < -0.39 is 58.1 Å². The van der Waals surface area contributed by atoms with Gasteiger partial charge in [-0.1, -0.05) is 40.5 Å². The van der Waals surface area contributed by atoms with Gasteiger partial charge >= 0.3 is 0 Å². The fraction of sp³-hybridized carbons (Fsp3) is 0.455. The fourth-order valence-corrected chi connectivity index (χ4v) is 4.15. The van der Waals surface area contributed by atoms with Crippen molar-refractivity contribution in [3.05, 3.63) is 53.5 Å². The molecule has 3 rings (SSSR count). The van der Waals surface area contributed by atoms with E-state index in [9.17, 15) is 39.0 Å². The lowest BCUT2D eigenvalue weighted by atomic mass is 9.99. The van der Waals surface area contributed by atoms with E-state index in [-0.39, 0.29) is 21.5 Å². The van der Waals surface area contributed by atoms with Crippen molar-refractivity contribution < 1.29 is 19.8 Å². The fourth-order valence-electron chi connectivity index (χ4n) is 4.15. The monoisotopic (exact) mass is 442 g/mol. The number of carbonyl (C=O) groups is 2. The lowest BCUT2D eigenvalue weighted by molar-refractivity contribution is -0.313. The van der Waals surface area contributed by atoms with E-state index in [1.807, 2.05) is 0 Å². The van der Waals surface area contributed by atoms with Gasteiger partial charge in [-0.15, -0.1) is 0 Å². The zero-order valence-electron chi connectivity index (χ0n) is 18.0. The Morgan fingerprint density at radius 2 is 0.938 bits per heavy atom. The third kappa shape index (κ3) is 3.26. The van der Waals surface area contributed by atoms with E-state index in [1.54, 1.807) is 27.7 Å². The van der Waals surface area contributed by atoms with Crippen LogP contribution in [0.25, 0.3) is 21.5 Å². The number of rotatable bonds is 8. The van der Waals surface area contributed by atoms with Crippen LogP contribution < -0.4 is 32.5 Å². The molecule has 0 N–H and O–H groups in total. The molecule has 32 heavy (non-hydrogen) atoms. The Morgan fingerprint density at radius 3 is 1.12 bits per heavy atom. The number of carbonyl (C=O) groups excluding carboxylic acids is 2. The predicted octanol–water partition coefficient (Wildman–Crippen LogP) is -1.41. The van der Waals surface area contributed by atoms with Gasteiger partial charge in [-0.2, -0.15) is 0 Å². The van der Waals surface area contributed by atoms with Gasteiger partial charge in [-0.3, -0.25) is 28.3 Å². The first-order valence-electron chi connectivity index (χ1n) is 10.3. The van der Waals surface area contributed by atoms with Crippen LogP contribution in [-0.2, 0) is 9.59 Å². The summed E-state index contributed by atoms with van der Waals surface area (Å²) < 4.78 is 1.17. The van der Waals surface area contributed by atoms with Crippen LogP contribution in [-0.4, -0.2) is 21.1 Å². The maximum Gasteiger partial charge on any atom is 0.262 e. The minimum Gasteiger partial charge on any atom is -0.548 e. The Bertz CT molecular complexity index is 1250. The molecule has 0 aliphatic rings. The number of aliphatic carboxylic acids is 2. The third-order valence-electron chi connectivity index (χ3n) is 6.36. The molecule has 0 saturated heterocycles. The molecule has 0 bridgehead atoms. The smallest absolute Gasteiger partial charge is 0.262 e. The number of carboxylic acid groups (broad SMARTS) is 2. The standard InChI is InChI=1S/C22H24N2O8/c1-5-9(3)15(21(29)30)23-17(25)11-7-13-14(8-12(11)18(23)26)20(28)24(19(13)27)16(22(31)32)10(4)6-2/h7-10,15-16H,5-6H2,1-4H3,(H,29,30)(H,31,32)/p-2/t9?,10?,15-,16-/m0/s1. The molecular weight excluding hydrogens is 420 g/mol. The Balaban J connectivity index is 2.40. The molecule has 10 heteroatoms. The van der Waals surface area contributed by atoms with Gasteiger partial charge in [-0.25, -0.2) is 0 Å². The second kappa shape index (κ2) is 8.18. The summed E-state index contributed by atoms with van der Waals surface area (Å²) >= 11 is 0. The highest BCUT2D eigenvalue weighted by Gasteiger charge is 2.29. The van der Waals surface area contributed by atoms with E-state index in [0.717, 1.165) is 12.1 Å². The molecule has 0 aliphatic heterocycles. The van der Waals surface area contributed by atoms with Crippen LogP contribution in [0.3, 0.4) is 0 Å². The maximum absolute atomic E-state index is 12.9. The van der Waals surface area contributed by atoms with Gasteiger partial charge in [0.05, 0.1) is 45.6 Å². The van der Waals surface area contributed by atoms with Gasteiger partial charge in [0.15, 0.2) is 0 Å². The lowest BCUT2D eigenvalue weighted by Gasteiger charge is -2.24. The average Bonchev–Trinajstić information content (AvgIpc) is 3.12. The van der Waals surface area contributed by atoms with Crippen LogP contribution in [0.15, 0.2) is 31.3 Å². The third-order valence-corrected chi connectivity index (χ3v) is 6.36. The largest absolute Gasteiger partial charge is 0.548 e. The maximum atomic E-state index is 12.9. The molecule has 2 aromatic heterocycles. The van der Waals surface area contributed by atoms with E-state index in [2.05, 4.69) is 0 Å². The van der Waals surface area contributed by atoms with Crippen LogP contribution in [0.1, 0.15) is 52.6 Å². The minimum atomic E-state index is -1.59. The molecule has 0 aliphatic carbocycles. The zero-order valence-corrected chi connectivity index (χ0v) is 18.0. The summed E-state index contributed by atoms with van der Waals surface area (Å²) in [5, 5.41) is 22.5. The molecular formula is C22H22N2O8-2. The highest BCUT2D eigenvalue weighted by atomic mass is 16.4. The van der Waals surface area contributed by atoms with Gasteiger partial charge in [0.1, 0.15) is 0 Å². The number of aromatic nitrogens is 2. The topological polar surface area (TPSA) is 158 Å². The molecule has 3 aromatic rings. The summed E-state index contributed by atoms with van der Waals surface area (Å²) in [7, 11) is 0. The zero-order chi connectivity index (χ0) is 24.1. The lowest BCUT2D eigenvalue weighted by Crippen LogP contribution is -2.44. The van der Waals surface area contributed by atoms with Crippen molar-refractivity contribution in [2.45, 2.75) is 52.6 Å². The summed E-state index contributed by atoms with van der Waals surface area (Å²) in [5.41, 5.74) is -3.67. The van der Waals surface area contributed by atoms with E-state index in [1.165, 1.54) is 0 Å². The van der Waals surface area contributed by atoms with Crippen molar-refractivity contribution in [2.24, 2.45) is 11.8 Å². The van der Waals surface area contributed by atoms with Gasteiger partial charge in [0.25, 0.3) is 22.2 Å². The van der Waals surface area contributed by atoms with E-state index in [4.69, 9.17) is 0 Å². The summed E-state index contributed by atoms with van der Waals surface area (Å²) in [6, 6.07) is -0.926. The molecule has 2 heterocycles. The number of nitrogens with zero attached hydrogens (tertiary/aromatic N) is 2. The van der Waals surface area contributed by atoms with Crippen molar-refractivity contribution in [3.63, 3.8) is 0 Å². The van der Waals surface area contributed by atoms with Gasteiger partial charge < -0.3 is 19.8 Å². The Morgan fingerprint density at radius 1 is 0.688 bits per heavy atom. The first-order chi connectivity index (χ1) is 15.0. The number of hydrogen-bond donors (Lipinski definition) is 0. The average molecular weight is 442 g/mol. The first-order valence-corrected chi connectivity index (χ1v) is 10.3. The van der Waals surface area contributed by atoms with Crippen molar-refractivity contribution >= 4 is 33.5 Å². The molecule has 2 unspecified atom stereocenters. The van der Waals surface area contributed by atoms with Crippen LogP contribution in [0.2, 0.25) is 0 Å². The van der Waals surface area contributed by atoms with Crippen LogP contribution in [0.5, 0.6) is 0 Å². The normalized spacial score (nSPS) is 15.6. The molecule has 0 amide bonds. The second-order valence-corrected chi connectivity index (χ2v) is 8.20. The van der Waals surface area contributed by atoms with Crippen LogP contribution in [0, 0.1) is 11.8 Å². The van der Waals surface area contributed by atoms with Crippen LogP contribution in [0.4, 0.5) is 0 Å². The predicted molar refractivity (Wildman–Crippen MR) is 112 cm³/mol. The van der Waals surface area contributed by atoms with Gasteiger partial charge in [0.2, 0.25) is 0 Å². The van der Waals surface area contributed by atoms with Crippen molar-refractivity contribution in [1.29, 1.82) is 0 Å². The van der Waals surface area contributed by atoms with E-state index in [0.29, 0.717) is 22.0 Å². The summed E-state index contributed by atoms with van der Waals surface area (Å²) in [4.78, 5) is 75.1. The number of hydrogen-bond acceptors (Lipinski definition) is 8. The van der Waals surface area contributed by atoms with Crippen molar-refractivity contribution in [2.75, 3.05) is 0 Å². The highest BCUT2D eigenvalue weighted by Crippen LogP contribution is 2.23.